The van der Waals surface area contributed by atoms with Crippen molar-refractivity contribution in [1.82, 2.24) is 10.2 Å². The molecule has 0 atom stereocenters. The first-order valence-corrected chi connectivity index (χ1v) is 11.9. The van der Waals surface area contributed by atoms with E-state index in [1.807, 2.05) is 54.6 Å². The number of morpholine rings is 1. The lowest BCUT2D eigenvalue weighted by molar-refractivity contribution is 0.122. The summed E-state index contributed by atoms with van der Waals surface area (Å²) in [4.78, 5) is 2.32. The highest BCUT2D eigenvalue weighted by Gasteiger charge is 2.17. The van der Waals surface area contributed by atoms with Gasteiger partial charge in [-0.1, -0.05) is 37.3 Å². The second-order valence-corrected chi connectivity index (χ2v) is 8.44. The third-order valence-electron chi connectivity index (χ3n) is 6.20. The van der Waals surface area contributed by atoms with Crippen LogP contribution in [-0.2, 0) is 17.8 Å². The van der Waals surface area contributed by atoms with Gasteiger partial charge in [-0.15, -0.1) is 0 Å². The van der Waals surface area contributed by atoms with Gasteiger partial charge in [-0.25, -0.2) is 0 Å². The lowest BCUT2D eigenvalue weighted by Gasteiger charge is -2.29. The summed E-state index contributed by atoms with van der Waals surface area (Å²) in [6, 6.07) is 22.3. The Kier molecular flexibility index (Phi) is 6.81. The van der Waals surface area contributed by atoms with Gasteiger partial charge in [0, 0.05) is 35.9 Å². The molecule has 2 heterocycles. The minimum absolute atomic E-state index is 0.431. The van der Waals surface area contributed by atoms with Crippen molar-refractivity contribution >= 4 is 28.1 Å². The molecule has 0 unspecified atom stereocenters. The molecule has 0 aliphatic carbocycles. The number of nitrogens with zero attached hydrogens (tertiary/aromatic N) is 3. The number of anilines is 2. The van der Waals surface area contributed by atoms with Crippen LogP contribution in [0.5, 0.6) is 5.75 Å². The molecule has 35 heavy (non-hydrogen) atoms. The molecule has 1 fully saturated rings. The Labute approximate surface area is 204 Å². The zero-order chi connectivity index (χ0) is 24.0. The Hall–Kier alpha value is -4.04. The molecule has 8 nitrogen and oxygen atoms in total. The van der Waals surface area contributed by atoms with E-state index in [9.17, 15) is 0 Å². The molecule has 1 aliphatic rings. The van der Waals surface area contributed by atoms with Gasteiger partial charge in [0.1, 0.15) is 12.4 Å². The quantitative estimate of drug-likeness (QED) is 0.161. The lowest BCUT2D eigenvalue weighted by Crippen LogP contribution is -2.36. The Bertz CT molecular complexity index is 1290. The maximum absolute atomic E-state index is 6.25. The van der Waals surface area contributed by atoms with Gasteiger partial charge in [-0.2, -0.15) is 10.2 Å². The van der Waals surface area contributed by atoms with Crippen LogP contribution in [0.1, 0.15) is 23.7 Å². The molecule has 0 bridgehead atoms. The van der Waals surface area contributed by atoms with Crippen molar-refractivity contribution in [3.8, 4) is 5.75 Å². The average molecular weight is 471 g/mol. The number of H-pyrrole nitrogens is 1. The molecule has 1 aromatic heterocycles. The number of fused-ring (bicyclic) bond motifs is 1. The summed E-state index contributed by atoms with van der Waals surface area (Å²) < 4.78 is 11.7. The summed E-state index contributed by atoms with van der Waals surface area (Å²) in [6.45, 7) is 5.82. The fourth-order valence-electron chi connectivity index (χ4n) is 4.29. The molecular formula is C27H30N6O2. The van der Waals surface area contributed by atoms with Crippen molar-refractivity contribution in [1.29, 1.82) is 0 Å². The van der Waals surface area contributed by atoms with Crippen LogP contribution in [0.4, 0.5) is 11.4 Å². The molecule has 8 heteroatoms. The lowest BCUT2D eigenvalue weighted by atomic mass is 10.1. The minimum atomic E-state index is 0.431. The third-order valence-corrected chi connectivity index (χ3v) is 6.20. The molecule has 0 amide bonds. The van der Waals surface area contributed by atoms with Gasteiger partial charge in [0.2, 0.25) is 0 Å². The third kappa shape index (κ3) is 5.07. The Morgan fingerprint density at radius 3 is 2.60 bits per heavy atom. The molecule has 180 valence electrons. The molecule has 0 spiro atoms. The van der Waals surface area contributed by atoms with Crippen molar-refractivity contribution < 1.29 is 9.47 Å². The van der Waals surface area contributed by atoms with Gasteiger partial charge in [-0.05, 0) is 42.3 Å². The molecule has 4 aromatic rings. The van der Waals surface area contributed by atoms with Crippen molar-refractivity contribution in [2.75, 3.05) is 36.5 Å². The highest BCUT2D eigenvalue weighted by Crippen LogP contribution is 2.29. The number of aromatic amines is 1. The summed E-state index contributed by atoms with van der Waals surface area (Å²) in [6.07, 6.45) is 0.815. The van der Waals surface area contributed by atoms with Gasteiger partial charge in [-0.3, -0.25) is 5.10 Å². The van der Waals surface area contributed by atoms with E-state index in [4.69, 9.17) is 15.3 Å². The van der Waals surface area contributed by atoms with E-state index in [1.165, 1.54) is 5.69 Å². The molecule has 1 aliphatic heterocycles. The van der Waals surface area contributed by atoms with Crippen LogP contribution in [0.25, 0.3) is 10.9 Å². The van der Waals surface area contributed by atoms with E-state index in [0.717, 1.165) is 66.1 Å². The average Bonchev–Trinajstić information content (AvgIpc) is 3.33. The van der Waals surface area contributed by atoms with Gasteiger partial charge >= 0.3 is 0 Å². The van der Waals surface area contributed by atoms with Crippen molar-refractivity contribution in [2.45, 2.75) is 20.0 Å². The Balaban J connectivity index is 1.43. The second kappa shape index (κ2) is 10.5. The van der Waals surface area contributed by atoms with Gasteiger partial charge in [0.15, 0.2) is 5.84 Å². The first-order valence-electron chi connectivity index (χ1n) is 11.9. The first-order chi connectivity index (χ1) is 17.2. The summed E-state index contributed by atoms with van der Waals surface area (Å²) in [5.74, 6) is 7.09. The van der Waals surface area contributed by atoms with Crippen LogP contribution in [0, 0.1) is 0 Å². The zero-order valence-corrected chi connectivity index (χ0v) is 19.8. The van der Waals surface area contributed by atoms with E-state index in [0.29, 0.717) is 18.2 Å². The molecule has 0 saturated carbocycles. The van der Waals surface area contributed by atoms with E-state index < -0.39 is 0 Å². The number of amidine groups is 1. The van der Waals surface area contributed by atoms with E-state index in [2.05, 4.69) is 44.6 Å². The number of nitrogens with one attached hydrogen (secondary N) is 2. The maximum Gasteiger partial charge on any atom is 0.161 e. The largest absolute Gasteiger partial charge is 0.488 e. The number of ether oxygens (including phenoxy) is 2. The number of hydrogen-bond donors (Lipinski definition) is 3. The standard InChI is InChI=1S/C27H30N6O2/c1-2-24-22-16-23(26(17-25(22)32-31-24)35-18-19-6-4-3-5-7-19)27(30-28)29-20-8-10-21(11-9-20)33-12-14-34-15-13-33/h3-11,16-17H,2,12-15,18,28H2,1H3,(H,29,30)(H,31,32). The number of hydrazone groups is 1. The molecule has 4 N–H and O–H groups in total. The number of aryl methyl sites for hydroxylation is 1. The summed E-state index contributed by atoms with van der Waals surface area (Å²) in [5, 5.41) is 16.1. The van der Waals surface area contributed by atoms with Gasteiger partial charge in [0.25, 0.3) is 0 Å². The van der Waals surface area contributed by atoms with Crippen LogP contribution in [0.2, 0.25) is 0 Å². The van der Waals surface area contributed by atoms with E-state index >= 15 is 0 Å². The van der Waals surface area contributed by atoms with Crippen molar-refractivity contribution in [3.05, 3.63) is 83.6 Å². The molecular weight excluding hydrogens is 440 g/mol. The number of hydrogen-bond acceptors (Lipinski definition) is 6. The van der Waals surface area contributed by atoms with E-state index in [-0.39, 0.29) is 0 Å². The first kappa shape index (κ1) is 22.7. The molecule has 0 radical (unpaired) electrons. The minimum Gasteiger partial charge on any atom is -0.488 e. The normalized spacial score (nSPS) is 14.3. The summed E-state index contributed by atoms with van der Waals surface area (Å²) >= 11 is 0. The molecule has 1 saturated heterocycles. The number of rotatable bonds is 7. The SMILES string of the molecule is CCc1n[nH]c2cc(OCc3ccccc3)c(/C(=N/N)Nc3ccc(N4CCOCC4)cc3)cc12. The highest BCUT2D eigenvalue weighted by atomic mass is 16.5. The number of benzene rings is 3. The zero-order valence-electron chi connectivity index (χ0n) is 19.8. The fraction of sp³-hybridized carbons (Fsp3) is 0.259. The van der Waals surface area contributed by atoms with Crippen LogP contribution in [-0.4, -0.2) is 42.3 Å². The smallest absolute Gasteiger partial charge is 0.161 e. The Morgan fingerprint density at radius 2 is 1.89 bits per heavy atom. The van der Waals surface area contributed by atoms with Crippen LogP contribution >= 0.6 is 0 Å². The molecule has 3 aromatic carbocycles. The fourth-order valence-corrected chi connectivity index (χ4v) is 4.29. The topological polar surface area (TPSA) is 101 Å². The predicted octanol–water partition coefficient (Wildman–Crippen LogP) is 4.27. The maximum atomic E-state index is 6.25. The second-order valence-electron chi connectivity index (χ2n) is 8.44. The van der Waals surface area contributed by atoms with Gasteiger partial charge < -0.3 is 25.5 Å². The highest BCUT2D eigenvalue weighted by molar-refractivity contribution is 6.12. The van der Waals surface area contributed by atoms with Crippen LogP contribution in [0.15, 0.2) is 71.8 Å². The van der Waals surface area contributed by atoms with E-state index in [1.54, 1.807) is 0 Å². The van der Waals surface area contributed by atoms with Gasteiger partial charge in [0.05, 0.1) is 30.0 Å². The summed E-state index contributed by atoms with van der Waals surface area (Å²) in [5.41, 5.74) is 5.83. The Morgan fingerprint density at radius 1 is 1.11 bits per heavy atom. The number of aromatic nitrogens is 2. The predicted molar refractivity (Wildman–Crippen MR) is 140 cm³/mol. The number of nitrogens with two attached hydrogens (primary N) is 1. The van der Waals surface area contributed by atoms with Crippen molar-refractivity contribution in [3.63, 3.8) is 0 Å². The monoisotopic (exact) mass is 470 g/mol. The molecule has 5 rings (SSSR count). The van der Waals surface area contributed by atoms with Crippen LogP contribution < -0.4 is 20.8 Å². The van der Waals surface area contributed by atoms with Crippen molar-refractivity contribution in [2.24, 2.45) is 10.9 Å². The van der Waals surface area contributed by atoms with Crippen LogP contribution in [0.3, 0.4) is 0 Å². The summed E-state index contributed by atoms with van der Waals surface area (Å²) in [7, 11) is 0.